The van der Waals surface area contributed by atoms with E-state index in [0.29, 0.717) is 11.6 Å². The summed E-state index contributed by atoms with van der Waals surface area (Å²) in [6.07, 6.45) is 3.72. The van der Waals surface area contributed by atoms with E-state index >= 15 is 0 Å². The van der Waals surface area contributed by atoms with Gasteiger partial charge in [-0.05, 0) is 31.9 Å². The van der Waals surface area contributed by atoms with E-state index in [2.05, 4.69) is 27.6 Å². The van der Waals surface area contributed by atoms with Gasteiger partial charge in [0.05, 0.1) is 11.8 Å². The van der Waals surface area contributed by atoms with Gasteiger partial charge in [-0.25, -0.2) is 0 Å². The van der Waals surface area contributed by atoms with Crippen molar-refractivity contribution >= 4 is 11.6 Å². The summed E-state index contributed by atoms with van der Waals surface area (Å²) in [7, 11) is 0. The Hall–Kier alpha value is -2.30. The smallest absolute Gasteiger partial charge is 0.257 e. The molecule has 0 bridgehead atoms. The highest BCUT2D eigenvalue weighted by Crippen LogP contribution is 2.18. The zero-order valence-corrected chi connectivity index (χ0v) is 12.2. The molecule has 2 N–H and O–H groups in total. The number of amides is 1. The molecule has 21 heavy (non-hydrogen) atoms. The quantitative estimate of drug-likeness (QED) is 0.910. The Morgan fingerprint density at radius 1 is 1.38 bits per heavy atom. The van der Waals surface area contributed by atoms with Gasteiger partial charge in [-0.15, -0.1) is 0 Å². The maximum Gasteiger partial charge on any atom is 0.257 e. The van der Waals surface area contributed by atoms with E-state index in [-0.39, 0.29) is 5.91 Å². The van der Waals surface area contributed by atoms with E-state index in [1.165, 1.54) is 0 Å². The highest BCUT2D eigenvalue weighted by atomic mass is 16.2. The van der Waals surface area contributed by atoms with E-state index in [9.17, 15) is 4.79 Å². The summed E-state index contributed by atoms with van der Waals surface area (Å²) in [6.45, 7) is 3.43. The van der Waals surface area contributed by atoms with Crippen LogP contribution >= 0.6 is 0 Å². The molecule has 1 amide bonds. The van der Waals surface area contributed by atoms with Crippen LogP contribution in [0.2, 0.25) is 0 Å². The molecule has 1 aliphatic rings. The van der Waals surface area contributed by atoms with Gasteiger partial charge in [0.2, 0.25) is 0 Å². The first-order valence-corrected chi connectivity index (χ1v) is 7.35. The number of H-pyrrole nitrogens is 1. The lowest BCUT2D eigenvalue weighted by Gasteiger charge is -2.33. The van der Waals surface area contributed by atoms with Crippen molar-refractivity contribution < 1.29 is 4.79 Å². The third kappa shape index (κ3) is 3.07. The molecule has 0 radical (unpaired) electrons. The van der Waals surface area contributed by atoms with Crippen LogP contribution in [0, 0.1) is 6.92 Å². The number of likely N-dealkylation sites (tertiary alicyclic amines) is 1. The number of aryl methyl sites for hydroxylation is 1. The number of aromatic nitrogens is 2. The Bertz CT molecular complexity index is 608. The van der Waals surface area contributed by atoms with E-state index in [1.807, 2.05) is 30.0 Å². The molecule has 0 spiro atoms. The fraction of sp³-hybridized carbons (Fsp3) is 0.375. The fourth-order valence-electron chi connectivity index (χ4n) is 2.79. The maximum absolute atomic E-state index is 12.5. The molecule has 5 nitrogen and oxygen atoms in total. The molecule has 3 rings (SSSR count). The summed E-state index contributed by atoms with van der Waals surface area (Å²) in [6, 6.07) is 10.5. The molecule has 0 saturated carbocycles. The van der Waals surface area contributed by atoms with Gasteiger partial charge in [-0.2, -0.15) is 5.10 Å². The SMILES string of the molecule is Cc1[nH]ncc1C(=O)N1CCC[C@H](Nc2ccccc2)C1. The number of nitrogens with one attached hydrogen (secondary N) is 2. The van der Waals surface area contributed by atoms with Gasteiger partial charge >= 0.3 is 0 Å². The molecule has 0 aliphatic carbocycles. The second-order valence-corrected chi connectivity index (χ2v) is 5.51. The molecule has 1 aromatic carbocycles. The standard InChI is InChI=1S/C16H20N4O/c1-12-15(10-17-19-12)16(21)20-9-5-8-14(11-20)18-13-6-3-2-4-7-13/h2-4,6-7,10,14,18H,5,8-9,11H2,1H3,(H,17,19)/t14-/m0/s1. The van der Waals surface area contributed by atoms with Crippen molar-refractivity contribution in [2.24, 2.45) is 0 Å². The van der Waals surface area contributed by atoms with Gasteiger partial charge < -0.3 is 10.2 Å². The van der Waals surface area contributed by atoms with Crippen LogP contribution in [-0.4, -0.2) is 40.1 Å². The molecule has 1 fully saturated rings. The Balaban J connectivity index is 1.66. The van der Waals surface area contributed by atoms with E-state index in [4.69, 9.17) is 0 Å². The number of piperidine rings is 1. The molecule has 1 aromatic heterocycles. The van der Waals surface area contributed by atoms with Crippen molar-refractivity contribution in [3.63, 3.8) is 0 Å². The molecule has 110 valence electrons. The van der Waals surface area contributed by atoms with Gasteiger partial charge in [-0.1, -0.05) is 18.2 Å². The monoisotopic (exact) mass is 284 g/mol. The summed E-state index contributed by atoms with van der Waals surface area (Å²) < 4.78 is 0. The van der Waals surface area contributed by atoms with Crippen LogP contribution in [0.25, 0.3) is 0 Å². The third-order valence-corrected chi connectivity index (χ3v) is 3.91. The average Bonchev–Trinajstić information content (AvgIpc) is 2.94. The summed E-state index contributed by atoms with van der Waals surface area (Å²) in [5.74, 6) is 0.0702. The Kier molecular flexibility index (Phi) is 3.90. The Labute approximate surface area is 124 Å². The number of benzene rings is 1. The summed E-state index contributed by atoms with van der Waals surface area (Å²) in [4.78, 5) is 14.4. The predicted octanol–water partition coefficient (Wildman–Crippen LogP) is 2.43. The Morgan fingerprint density at radius 2 is 2.19 bits per heavy atom. The number of hydrogen-bond donors (Lipinski definition) is 2. The largest absolute Gasteiger partial charge is 0.381 e. The first-order valence-electron chi connectivity index (χ1n) is 7.35. The minimum atomic E-state index is 0.0702. The number of carbonyl (C=O) groups excluding carboxylic acids is 1. The lowest BCUT2D eigenvalue weighted by molar-refractivity contribution is 0.0714. The molecule has 2 heterocycles. The highest BCUT2D eigenvalue weighted by molar-refractivity contribution is 5.95. The summed E-state index contributed by atoms with van der Waals surface area (Å²) in [5, 5.41) is 10.3. The van der Waals surface area contributed by atoms with Gasteiger partial charge in [-0.3, -0.25) is 9.89 Å². The molecule has 1 saturated heterocycles. The Morgan fingerprint density at radius 3 is 2.90 bits per heavy atom. The molecule has 1 aliphatic heterocycles. The first kappa shape index (κ1) is 13.7. The van der Waals surface area contributed by atoms with E-state index in [0.717, 1.165) is 37.3 Å². The van der Waals surface area contributed by atoms with Crippen molar-refractivity contribution in [3.05, 3.63) is 47.8 Å². The minimum Gasteiger partial charge on any atom is -0.381 e. The predicted molar refractivity (Wildman–Crippen MR) is 82.3 cm³/mol. The van der Waals surface area contributed by atoms with Crippen LogP contribution in [0.4, 0.5) is 5.69 Å². The molecule has 1 atom stereocenters. The van der Waals surface area contributed by atoms with Crippen LogP contribution in [0.15, 0.2) is 36.5 Å². The molecular weight excluding hydrogens is 264 g/mol. The van der Waals surface area contributed by atoms with Crippen molar-refractivity contribution in [2.45, 2.75) is 25.8 Å². The van der Waals surface area contributed by atoms with Crippen LogP contribution < -0.4 is 5.32 Å². The number of carbonyl (C=O) groups is 1. The van der Waals surface area contributed by atoms with Crippen LogP contribution in [-0.2, 0) is 0 Å². The number of rotatable bonds is 3. The average molecular weight is 284 g/mol. The number of anilines is 1. The van der Waals surface area contributed by atoms with Crippen LogP contribution in [0.3, 0.4) is 0 Å². The highest BCUT2D eigenvalue weighted by Gasteiger charge is 2.25. The summed E-state index contributed by atoms with van der Waals surface area (Å²) >= 11 is 0. The van der Waals surface area contributed by atoms with Crippen molar-refractivity contribution in [1.29, 1.82) is 0 Å². The normalized spacial score (nSPS) is 18.5. The van der Waals surface area contributed by atoms with Gasteiger partial charge in [0.15, 0.2) is 0 Å². The number of nitrogens with zero attached hydrogens (tertiary/aromatic N) is 2. The lowest BCUT2D eigenvalue weighted by atomic mass is 10.0. The third-order valence-electron chi connectivity index (χ3n) is 3.91. The maximum atomic E-state index is 12.5. The molecule has 2 aromatic rings. The zero-order chi connectivity index (χ0) is 14.7. The van der Waals surface area contributed by atoms with Crippen LogP contribution in [0.1, 0.15) is 28.9 Å². The van der Waals surface area contributed by atoms with Crippen LogP contribution in [0.5, 0.6) is 0 Å². The van der Waals surface area contributed by atoms with E-state index < -0.39 is 0 Å². The van der Waals surface area contributed by atoms with E-state index in [1.54, 1.807) is 6.20 Å². The number of para-hydroxylation sites is 1. The second-order valence-electron chi connectivity index (χ2n) is 5.51. The molecule has 5 heteroatoms. The van der Waals surface area contributed by atoms with Gasteiger partial charge in [0.1, 0.15) is 0 Å². The number of aromatic amines is 1. The number of hydrogen-bond acceptors (Lipinski definition) is 3. The van der Waals surface area contributed by atoms with Crippen molar-refractivity contribution in [2.75, 3.05) is 18.4 Å². The van der Waals surface area contributed by atoms with Crippen molar-refractivity contribution in [3.8, 4) is 0 Å². The van der Waals surface area contributed by atoms with Gasteiger partial charge in [0.25, 0.3) is 5.91 Å². The molecule has 0 unspecified atom stereocenters. The van der Waals surface area contributed by atoms with Gasteiger partial charge in [0, 0.05) is 30.5 Å². The fourth-order valence-corrected chi connectivity index (χ4v) is 2.79. The molecular formula is C16H20N4O. The summed E-state index contributed by atoms with van der Waals surface area (Å²) in [5.41, 5.74) is 2.62. The second kappa shape index (κ2) is 5.99. The first-order chi connectivity index (χ1) is 10.2. The van der Waals surface area contributed by atoms with Crippen molar-refractivity contribution in [1.82, 2.24) is 15.1 Å². The minimum absolute atomic E-state index is 0.0702. The lowest BCUT2D eigenvalue weighted by Crippen LogP contribution is -2.45. The topological polar surface area (TPSA) is 61.0 Å². The zero-order valence-electron chi connectivity index (χ0n) is 12.2.